The predicted molar refractivity (Wildman–Crippen MR) is 72.3 cm³/mol. The third-order valence-electron chi connectivity index (χ3n) is 3.77. The van der Waals surface area contributed by atoms with Crippen LogP contribution in [0.15, 0.2) is 24.3 Å². The zero-order valence-corrected chi connectivity index (χ0v) is 11.3. The van der Waals surface area contributed by atoms with Gasteiger partial charge in [0.25, 0.3) is 0 Å². The molecule has 0 spiro atoms. The summed E-state index contributed by atoms with van der Waals surface area (Å²) in [5.74, 6) is 0.119. The van der Waals surface area contributed by atoms with Gasteiger partial charge in [-0.2, -0.15) is 0 Å². The van der Waals surface area contributed by atoms with Crippen molar-refractivity contribution in [2.75, 3.05) is 0 Å². The second kappa shape index (κ2) is 6.03. The third kappa shape index (κ3) is 2.92. The summed E-state index contributed by atoms with van der Waals surface area (Å²) in [4.78, 5) is 11.9. The summed E-state index contributed by atoms with van der Waals surface area (Å²) in [6.45, 7) is 4.26. The molecule has 1 aliphatic heterocycles. The van der Waals surface area contributed by atoms with Crippen molar-refractivity contribution in [2.24, 2.45) is 5.92 Å². The van der Waals surface area contributed by atoms with Crippen LogP contribution in [0, 0.1) is 5.92 Å². The second-order valence-electron chi connectivity index (χ2n) is 5.08. The van der Waals surface area contributed by atoms with Gasteiger partial charge in [-0.25, -0.2) is 0 Å². The molecule has 0 bridgehead atoms. The van der Waals surface area contributed by atoms with Crippen molar-refractivity contribution in [3.05, 3.63) is 35.4 Å². The molecule has 0 saturated carbocycles. The lowest BCUT2D eigenvalue weighted by molar-refractivity contribution is -0.161. The molecular formula is C16H22O2. The van der Waals surface area contributed by atoms with Gasteiger partial charge in [0.2, 0.25) is 0 Å². The molecule has 0 aromatic heterocycles. The molecule has 2 unspecified atom stereocenters. The fourth-order valence-electron chi connectivity index (χ4n) is 2.58. The fourth-order valence-corrected chi connectivity index (χ4v) is 2.58. The number of hydrogen-bond donors (Lipinski definition) is 0. The minimum atomic E-state index is -0.0310. The van der Waals surface area contributed by atoms with Gasteiger partial charge in [0.1, 0.15) is 6.10 Å². The Morgan fingerprint density at radius 1 is 1.17 bits per heavy atom. The smallest absolute Gasteiger partial charge is 0.309 e. The molecular weight excluding hydrogens is 224 g/mol. The van der Waals surface area contributed by atoms with Gasteiger partial charge in [0, 0.05) is 0 Å². The van der Waals surface area contributed by atoms with E-state index in [1.54, 1.807) is 0 Å². The van der Waals surface area contributed by atoms with E-state index in [1.165, 1.54) is 5.56 Å². The van der Waals surface area contributed by atoms with Crippen LogP contribution < -0.4 is 0 Å². The SMILES string of the molecule is CCCC1CCC(c2ccc(CC)cc2)OC1=O. The number of aryl methyl sites for hydroxylation is 1. The number of benzene rings is 1. The van der Waals surface area contributed by atoms with Gasteiger partial charge in [-0.05, 0) is 36.8 Å². The van der Waals surface area contributed by atoms with Crippen LogP contribution >= 0.6 is 0 Å². The Hall–Kier alpha value is -1.31. The van der Waals surface area contributed by atoms with Crippen LogP contribution in [0.3, 0.4) is 0 Å². The molecule has 0 N–H and O–H groups in total. The van der Waals surface area contributed by atoms with Crippen LogP contribution in [0.1, 0.15) is 56.8 Å². The maximum Gasteiger partial charge on any atom is 0.309 e. The molecule has 98 valence electrons. The summed E-state index contributed by atoms with van der Waals surface area (Å²) in [6, 6.07) is 8.44. The summed E-state index contributed by atoms with van der Waals surface area (Å²) in [6.07, 6.45) is 4.95. The van der Waals surface area contributed by atoms with Crippen LogP contribution in [0.25, 0.3) is 0 Å². The van der Waals surface area contributed by atoms with Gasteiger partial charge >= 0.3 is 5.97 Å². The first-order valence-corrected chi connectivity index (χ1v) is 7.04. The van der Waals surface area contributed by atoms with E-state index in [1.807, 2.05) is 0 Å². The molecule has 1 saturated heterocycles. The number of hydrogen-bond acceptors (Lipinski definition) is 2. The Morgan fingerprint density at radius 3 is 2.44 bits per heavy atom. The Kier molecular flexibility index (Phi) is 4.40. The summed E-state index contributed by atoms with van der Waals surface area (Å²) in [7, 11) is 0. The lowest BCUT2D eigenvalue weighted by Gasteiger charge is -2.28. The number of cyclic esters (lactones) is 1. The highest BCUT2D eigenvalue weighted by Gasteiger charge is 2.29. The van der Waals surface area contributed by atoms with Crippen LogP contribution in [-0.4, -0.2) is 5.97 Å². The summed E-state index contributed by atoms with van der Waals surface area (Å²) in [5.41, 5.74) is 2.46. The minimum absolute atomic E-state index is 0.00679. The van der Waals surface area contributed by atoms with E-state index in [2.05, 4.69) is 38.1 Å². The zero-order valence-electron chi connectivity index (χ0n) is 11.3. The largest absolute Gasteiger partial charge is 0.457 e. The summed E-state index contributed by atoms with van der Waals surface area (Å²) >= 11 is 0. The predicted octanol–water partition coefficient (Wildman–Crippen LogP) is 4.04. The van der Waals surface area contributed by atoms with Crippen LogP contribution in [0.4, 0.5) is 0 Å². The Balaban J connectivity index is 2.00. The average molecular weight is 246 g/mol. The lowest BCUT2D eigenvalue weighted by atomic mass is 9.91. The number of rotatable bonds is 4. The Morgan fingerprint density at radius 2 is 1.89 bits per heavy atom. The van der Waals surface area contributed by atoms with Crippen molar-refractivity contribution < 1.29 is 9.53 Å². The maximum absolute atomic E-state index is 11.9. The molecule has 2 heteroatoms. The van der Waals surface area contributed by atoms with E-state index in [-0.39, 0.29) is 18.0 Å². The Bertz CT molecular complexity index is 394. The van der Waals surface area contributed by atoms with Gasteiger partial charge in [-0.15, -0.1) is 0 Å². The molecule has 2 atom stereocenters. The van der Waals surface area contributed by atoms with E-state index < -0.39 is 0 Å². The maximum atomic E-state index is 11.9. The third-order valence-corrected chi connectivity index (χ3v) is 3.77. The van der Waals surface area contributed by atoms with Gasteiger partial charge in [0.15, 0.2) is 0 Å². The molecule has 1 heterocycles. The van der Waals surface area contributed by atoms with Gasteiger partial charge in [-0.3, -0.25) is 4.79 Å². The molecule has 0 amide bonds. The standard InChI is InChI=1S/C16H22O2/c1-3-5-14-10-11-15(18-16(14)17)13-8-6-12(4-2)7-9-13/h6-9,14-15H,3-5,10-11H2,1-2H3. The number of esters is 1. The van der Waals surface area contributed by atoms with E-state index in [9.17, 15) is 4.79 Å². The van der Waals surface area contributed by atoms with Crippen molar-refractivity contribution in [3.8, 4) is 0 Å². The van der Waals surface area contributed by atoms with Gasteiger partial charge in [0.05, 0.1) is 5.92 Å². The van der Waals surface area contributed by atoms with Crippen LogP contribution in [-0.2, 0) is 16.0 Å². The minimum Gasteiger partial charge on any atom is -0.457 e. The van der Waals surface area contributed by atoms with Gasteiger partial charge < -0.3 is 4.74 Å². The normalized spacial score (nSPS) is 23.8. The number of carbonyl (C=O) groups is 1. The molecule has 1 aliphatic rings. The monoisotopic (exact) mass is 246 g/mol. The Labute approximate surface area is 109 Å². The summed E-state index contributed by atoms with van der Waals surface area (Å²) in [5, 5.41) is 0. The number of ether oxygens (including phenoxy) is 1. The van der Waals surface area contributed by atoms with Crippen molar-refractivity contribution in [3.63, 3.8) is 0 Å². The lowest BCUT2D eigenvalue weighted by Crippen LogP contribution is -2.26. The first-order chi connectivity index (χ1) is 8.74. The molecule has 1 aromatic carbocycles. The summed E-state index contributed by atoms with van der Waals surface area (Å²) < 4.78 is 5.57. The topological polar surface area (TPSA) is 26.3 Å². The second-order valence-corrected chi connectivity index (χ2v) is 5.08. The highest BCUT2D eigenvalue weighted by molar-refractivity contribution is 5.73. The molecule has 0 aliphatic carbocycles. The van der Waals surface area contributed by atoms with E-state index in [0.717, 1.165) is 37.7 Å². The fraction of sp³-hybridized carbons (Fsp3) is 0.562. The first kappa shape index (κ1) is 13.1. The van der Waals surface area contributed by atoms with Crippen molar-refractivity contribution in [1.29, 1.82) is 0 Å². The molecule has 18 heavy (non-hydrogen) atoms. The van der Waals surface area contributed by atoms with Gasteiger partial charge in [-0.1, -0.05) is 44.5 Å². The molecule has 1 fully saturated rings. The molecule has 1 aromatic rings. The van der Waals surface area contributed by atoms with E-state index in [4.69, 9.17) is 4.74 Å². The molecule has 0 radical (unpaired) electrons. The van der Waals surface area contributed by atoms with E-state index in [0.29, 0.717) is 0 Å². The molecule has 2 nitrogen and oxygen atoms in total. The number of carbonyl (C=O) groups excluding carboxylic acids is 1. The van der Waals surface area contributed by atoms with Crippen molar-refractivity contribution >= 4 is 5.97 Å². The van der Waals surface area contributed by atoms with Crippen LogP contribution in [0.5, 0.6) is 0 Å². The average Bonchev–Trinajstić information content (AvgIpc) is 2.41. The quantitative estimate of drug-likeness (QED) is 0.749. The highest BCUT2D eigenvalue weighted by atomic mass is 16.5. The van der Waals surface area contributed by atoms with Crippen molar-refractivity contribution in [1.82, 2.24) is 0 Å². The first-order valence-electron chi connectivity index (χ1n) is 7.04. The molecule has 2 rings (SSSR count). The highest BCUT2D eigenvalue weighted by Crippen LogP contribution is 2.33. The van der Waals surface area contributed by atoms with E-state index >= 15 is 0 Å². The zero-order chi connectivity index (χ0) is 13.0. The van der Waals surface area contributed by atoms with Crippen LogP contribution in [0.2, 0.25) is 0 Å². The van der Waals surface area contributed by atoms with Crippen molar-refractivity contribution in [2.45, 2.75) is 52.1 Å².